The third-order valence-corrected chi connectivity index (χ3v) is 4.92. The Morgan fingerprint density at radius 2 is 2.27 bits per heavy atom. The lowest BCUT2D eigenvalue weighted by atomic mass is 10.3. The van der Waals surface area contributed by atoms with Crippen LogP contribution in [0.3, 0.4) is 0 Å². The lowest BCUT2D eigenvalue weighted by molar-refractivity contribution is 0.211. The molecule has 2 aromatic heterocycles. The zero-order valence-electron chi connectivity index (χ0n) is 12.4. The molecule has 3 heterocycles. The second kappa shape index (κ2) is 7.12. The van der Waals surface area contributed by atoms with E-state index in [-0.39, 0.29) is 6.03 Å². The van der Waals surface area contributed by atoms with E-state index in [4.69, 9.17) is 0 Å². The fourth-order valence-electron chi connectivity index (χ4n) is 2.45. The summed E-state index contributed by atoms with van der Waals surface area (Å²) in [5, 5.41) is 10.5. The van der Waals surface area contributed by atoms with Crippen LogP contribution in [0.5, 0.6) is 0 Å². The van der Waals surface area contributed by atoms with Crippen molar-refractivity contribution in [2.24, 2.45) is 0 Å². The van der Waals surface area contributed by atoms with E-state index in [9.17, 15) is 4.79 Å². The number of hydrogen-bond donors (Lipinski definition) is 1. The van der Waals surface area contributed by atoms with Crippen LogP contribution >= 0.6 is 22.9 Å². The molecule has 0 bridgehead atoms. The van der Waals surface area contributed by atoms with E-state index in [1.54, 1.807) is 17.5 Å². The summed E-state index contributed by atoms with van der Waals surface area (Å²) in [6.07, 6.45) is 2.54. The molecule has 2 amide bonds. The molecule has 0 spiro atoms. The van der Waals surface area contributed by atoms with Crippen molar-refractivity contribution in [2.75, 3.05) is 31.5 Å². The highest BCUT2D eigenvalue weighted by Gasteiger charge is 2.20. The smallest absolute Gasteiger partial charge is 0.322 e. The average Bonchev–Trinajstić information content (AvgIpc) is 3.07. The highest BCUT2D eigenvalue weighted by Crippen LogP contribution is 2.14. The van der Waals surface area contributed by atoms with Crippen molar-refractivity contribution in [1.29, 1.82) is 0 Å². The van der Waals surface area contributed by atoms with E-state index < -0.39 is 0 Å². The first-order valence-electron chi connectivity index (χ1n) is 7.17. The summed E-state index contributed by atoms with van der Waals surface area (Å²) in [7, 11) is 0. The van der Waals surface area contributed by atoms with Crippen LogP contribution in [0.25, 0.3) is 0 Å². The quantitative estimate of drug-likeness (QED) is 0.927. The number of carbonyl (C=O) groups excluding carboxylic acids is 1. The third kappa shape index (κ3) is 3.99. The molecular weight excluding hydrogens is 320 g/mol. The number of aryl methyl sites for hydroxylation is 1. The highest BCUT2D eigenvalue weighted by molar-refractivity contribution is 7.10. The number of carbonyl (C=O) groups is 1. The fraction of sp³-hybridized carbons (Fsp3) is 0.538. The molecule has 1 saturated heterocycles. The van der Waals surface area contributed by atoms with Crippen molar-refractivity contribution in [3.63, 3.8) is 0 Å². The van der Waals surface area contributed by atoms with Gasteiger partial charge in [-0.2, -0.15) is 0 Å². The van der Waals surface area contributed by atoms with Gasteiger partial charge in [0.2, 0.25) is 0 Å². The molecule has 2 aromatic rings. The Bertz CT molecular complexity index is 614. The number of anilines is 1. The first kappa shape index (κ1) is 15.3. The summed E-state index contributed by atoms with van der Waals surface area (Å²) in [5.74, 6) is 0. The van der Waals surface area contributed by atoms with Crippen molar-refractivity contribution < 1.29 is 4.79 Å². The second-order valence-corrected chi connectivity index (χ2v) is 7.03. The van der Waals surface area contributed by atoms with Crippen LogP contribution < -0.4 is 5.32 Å². The number of amides is 2. The molecule has 0 unspecified atom stereocenters. The number of hydrogen-bond acceptors (Lipinski definition) is 7. The zero-order valence-corrected chi connectivity index (χ0v) is 14.0. The molecule has 0 atom stereocenters. The van der Waals surface area contributed by atoms with Crippen LogP contribution in [0, 0.1) is 6.92 Å². The summed E-state index contributed by atoms with van der Waals surface area (Å²) in [4.78, 5) is 20.9. The van der Waals surface area contributed by atoms with Gasteiger partial charge in [0, 0.05) is 49.6 Å². The molecule has 0 radical (unpaired) electrons. The van der Waals surface area contributed by atoms with E-state index in [1.807, 2.05) is 11.8 Å². The van der Waals surface area contributed by atoms with Gasteiger partial charge in [0.05, 0.1) is 16.9 Å². The van der Waals surface area contributed by atoms with Gasteiger partial charge in [0.1, 0.15) is 5.00 Å². The number of urea groups is 1. The monoisotopic (exact) mass is 338 g/mol. The van der Waals surface area contributed by atoms with Gasteiger partial charge in [-0.05, 0) is 13.3 Å². The van der Waals surface area contributed by atoms with E-state index >= 15 is 0 Å². The van der Waals surface area contributed by atoms with Gasteiger partial charge in [-0.15, -0.1) is 16.4 Å². The molecule has 118 valence electrons. The standard InChI is InChI=1S/C13H18N6OS2/c1-10-15-11(9-21-10)8-18-3-2-4-19(6-5-18)13(20)16-12-7-14-17-22-12/h7,9H,2-6,8H2,1H3,(H,16,20). The lowest BCUT2D eigenvalue weighted by Gasteiger charge is -2.21. The van der Waals surface area contributed by atoms with Crippen molar-refractivity contribution in [1.82, 2.24) is 24.4 Å². The van der Waals surface area contributed by atoms with Gasteiger partial charge in [-0.3, -0.25) is 10.2 Å². The Hall–Kier alpha value is -1.58. The molecule has 22 heavy (non-hydrogen) atoms. The molecular formula is C13H18N6OS2. The molecule has 3 rings (SSSR count). The SMILES string of the molecule is Cc1nc(CN2CCCN(C(=O)Nc3cnns3)CC2)cs1. The van der Waals surface area contributed by atoms with Crippen molar-refractivity contribution in [3.05, 3.63) is 22.3 Å². The van der Waals surface area contributed by atoms with Gasteiger partial charge < -0.3 is 4.90 Å². The Balaban J connectivity index is 1.52. The molecule has 1 aliphatic rings. The molecule has 7 nitrogen and oxygen atoms in total. The number of aromatic nitrogens is 3. The number of nitrogens with zero attached hydrogens (tertiary/aromatic N) is 5. The Morgan fingerprint density at radius 1 is 1.36 bits per heavy atom. The summed E-state index contributed by atoms with van der Waals surface area (Å²) in [6.45, 7) is 6.23. The number of rotatable bonds is 3. The van der Waals surface area contributed by atoms with Crippen molar-refractivity contribution in [2.45, 2.75) is 19.9 Å². The maximum Gasteiger partial charge on any atom is 0.322 e. The molecule has 1 fully saturated rings. The Morgan fingerprint density at radius 3 is 3.00 bits per heavy atom. The summed E-state index contributed by atoms with van der Waals surface area (Å²) < 4.78 is 3.74. The first-order chi connectivity index (χ1) is 10.7. The minimum atomic E-state index is -0.0718. The molecule has 0 saturated carbocycles. The topological polar surface area (TPSA) is 74.2 Å². The van der Waals surface area contributed by atoms with Gasteiger partial charge in [-0.25, -0.2) is 9.78 Å². The Labute approximate surface area is 137 Å². The van der Waals surface area contributed by atoms with Crippen molar-refractivity contribution in [3.8, 4) is 0 Å². The van der Waals surface area contributed by atoms with Gasteiger partial charge in [-0.1, -0.05) is 4.49 Å². The van der Waals surface area contributed by atoms with Crippen LogP contribution in [0.1, 0.15) is 17.1 Å². The minimum absolute atomic E-state index is 0.0718. The normalized spacial score (nSPS) is 16.5. The average molecular weight is 338 g/mol. The number of thiazole rings is 1. The summed E-state index contributed by atoms with van der Waals surface area (Å²) in [6, 6.07) is -0.0718. The fourth-order valence-corrected chi connectivity index (χ4v) is 3.46. The maximum absolute atomic E-state index is 12.2. The first-order valence-corrected chi connectivity index (χ1v) is 8.82. The summed E-state index contributed by atoms with van der Waals surface area (Å²) in [5.41, 5.74) is 1.12. The van der Waals surface area contributed by atoms with E-state index in [0.29, 0.717) is 5.00 Å². The van der Waals surface area contributed by atoms with Crippen LogP contribution in [-0.4, -0.2) is 56.6 Å². The van der Waals surface area contributed by atoms with Gasteiger partial charge in [0.15, 0.2) is 0 Å². The molecule has 9 heteroatoms. The summed E-state index contributed by atoms with van der Waals surface area (Å²) >= 11 is 2.87. The predicted octanol–water partition coefficient (Wildman–Crippen LogP) is 2.04. The van der Waals surface area contributed by atoms with Crippen LogP contribution in [-0.2, 0) is 6.54 Å². The van der Waals surface area contributed by atoms with E-state index in [2.05, 4.69) is 30.2 Å². The lowest BCUT2D eigenvalue weighted by Crippen LogP contribution is -2.37. The number of nitrogens with one attached hydrogen (secondary N) is 1. The third-order valence-electron chi connectivity index (χ3n) is 3.52. The van der Waals surface area contributed by atoms with Crippen LogP contribution in [0.2, 0.25) is 0 Å². The minimum Gasteiger partial charge on any atom is -0.323 e. The van der Waals surface area contributed by atoms with Gasteiger partial charge in [0.25, 0.3) is 0 Å². The van der Waals surface area contributed by atoms with Crippen LogP contribution in [0.4, 0.5) is 9.80 Å². The molecule has 1 N–H and O–H groups in total. The van der Waals surface area contributed by atoms with E-state index in [0.717, 1.165) is 49.8 Å². The molecule has 0 aliphatic carbocycles. The van der Waals surface area contributed by atoms with E-state index in [1.165, 1.54) is 11.5 Å². The second-order valence-electron chi connectivity index (χ2n) is 5.19. The van der Waals surface area contributed by atoms with Gasteiger partial charge >= 0.3 is 6.03 Å². The highest BCUT2D eigenvalue weighted by atomic mass is 32.1. The molecule has 0 aromatic carbocycles. The maximum atomic E-state index is 12.2. The largest absolute Gasteiger partial charge is 0.323 e. The van der Waals surface area contributed by atoms with Crippen molar-refractivity contribution >= 4 is 33.9 Å². The Kier molecular flexibility index (Phi) is 4.96. The molecule has 1 aliphatic heterocycles. The van der Waals surface area contributed by atoms with Crippen LogP contribution in [0.15, 0.2) is 11.6 Å². The predicted molar refractivity (Wildman–Crippen MR) is 87.2 cm³/mol. The zero-order chi connectivity index (χ0) is 15.4.